The molecule has 1 saturated heterocycles. The van der Waals surface area contributed by atoms with Gasteiger partial charge in [0.2, 0.25) is 0 Å². The van der Waals surface area contributed by atoms with Crippen LogP contribution >= 0.6 is 0 Å². The van der Waals surface area contributed by atoms with Gasteiger partial charge in [-0.15, -0.1) is 0 Å². The van der Waals surface area contributed by atoms with E-state index in [4.69, 9.17) is 4.42 Å². The zero-order valence-electron chi connectivity index (χ0n) is 19.5. The highest BCUT2D eigenvalue weighted by Crippen LogP contribution is 2.32. The Bertz CT molecular complexity index is 1370. The van der Waals surface area contributed by atoms with Crippen LogP contribution in [0, 0.1) is 5.82 Å². The number of carbonyl (C=O) groups excluding carboxylic acids is 1. The molecule has 1 fully saturated rings. The van der Waals surface area contributed by atoms with E-state index in [1.54, 1.807) is 24.1 Å². The molecule has 1 amide bonds. The highest BCUT2D eigenvalue weighted by atomic mass is 19.3. The number of anilines is 2. The number of hydrogen-bond acceptors (Lipinski definition) is 6. The summed E-state index contributed by atoms with van der Waals surface area (Å²) in [5.41, 5.74) is 2.27. The molecule has 3 heterocycles. The Kier molecular flexibility index (Phi) is 6.49. The van der Waals surface area contributed by atoms with Gasteiger partial charge in [-0.2, -0.15) is 10.2 Å². The summed E-state index contributed by atoms with van der Waals surface area (Å²) < 4.78 is 46.0. The minimum Gasteiger partial charge on any atom is -0.472 e. The lowest BCUT2D eigenvalue weighted by molar-refractivity contribution is 0.0746. The van der Waals surface area contributed by atoms with Crippen molar-refractivity contribution in [3.05, 3.63) is 83.7 Å². The lowest BCUT2D eigenvalue weighted by Gasteiger charge is -2.36. The van der Waals surface area contributed by atoms with Gasteiger partial charge in [0.25, 0.3) is 12.3 Å². The van der Waals surface area contributed by atoms with Crippen molar-refractivity contribution in [2.45, 2.75) is 19.4 Å². The first-order chi connectivity index (χ1) is 17.4. The fourth-order valence-electron chi connectivity index (χ4n) is 4.48. The molecule has 186 valence electrons. The first-order valence-electron chi connectivity index (χ1n) is 11.6. The SMILES string of the molecule is C[C@@H](Nc1cnnc2ccc(N3CCN(C(=O)c4ccoc4)CC3)cc12)c1cccc(C(F)F)c1F. The monoisotopic (exact) mass is 495 g/mol. The second-order valence-corrected chi connectivity index (χ2v) is 8.67. The summed E-state index contributed by atoms with van der Waals surface area (Å²) in [6.07, 6.45) is 1.58. The van der Waals surface area contributed by atoms with Gasteiger partial charge in [0.15, 0.2) is 0 Å². The number of carbonyl (C=O) groups is 1. The molecule has 1 atom stereocenters. The molecule has 0 saturated carbocycles. The van der Waals surface area contributed by atoms with Crippen molar-refractivity contribution < 1.29 is 22.4 Å². The molecule has 2 aromatic carbocycles. The lowest BCUT2D eigenvalue weighted by atomic mass is 10.0. The van der Waals surface area contributed by atoms with Gasteiger partial charge in [0, 0.05) is 42.8 Å². The third-order valence-electron chi connectivity index (χ3n) is 6.45. The number of nitrogens with one attached hydrogen (secondary N) is 1. The number of furan rings is 1. The molecule has 10 heteroatoms. The molecule has 0 radical (unpaired) electrons. The van der Waals surface area contributed by atoms with Crippen LogP contribution in [-0.2, 0) is 0 Å². The maximum Gasteiger partial charge on any atom is 0.266 e. The van der Waals surface area contributed by atoms with Crippen molar-refractivity contribution in [3.63, 3.8) is 0 Å². The molecule has 1 N–H and O–H groups in total. The van der Waals surface area contributed by atoms with Crippen LogP contribution < -0.4 is 10.2 Å². The van der Waals surface area contributed by atoms with Gasteiger partial charge in [0.05, 0.1) is 40.8 Å². The first-order valence-corrected chi connectivity index (χ1v) is 11.6. The first kappa shape index (κ1) is 23.7. The molecule has 0 bridgehead atoms. The molecule has 1 aliphatic rings. The number of amides is 1. The van der Waals surface area contributed by atoms with Crippen LogP contribution in [0.15, 0.2) is 65.6 Å². The van der Waals surface area contributed by atoms with E-state index in [1.807, 2.05) is 18.2 Å². The molecule has 0 unspecified atom stereocenters. The molecule has 2 aromatic heterocycles. The number of benzene rings is 2. The predicted molar refractivity (Wildman–Crippen MR) is 130 cm³/mol. The van der Waals surface area contributed by atoms with Crippen molar-refractivity contribution >= 4 is 28.2 Å². The Balaban J connectivity index is 1.35. The van der Waals surface area contributed by atoms with Crippen LogP contribution in [0.4, 0.5) is 24.5 Å². The van der Waals surface area contributed by atoms with E-state index >= 15 is 0 Å². The number of alkyl halides is 2. The Morgan fingerprint density at radius 2 is 1.86 bits per heavy atom. The predicted octanol–water partition coefficient (Wildman–Crippen LogP) is 5.44. The highest BCUT2D eigenvalue weighted by molar-refractivity contribution is 5.94. The van der Waals surface area contributed by atoms with Gasteiger partial charge >= 0.3 is 0 Å². The van der Waals surface area contributed by atoms with Crippen molar-refractivity contribution in [2.24, 2.45) is 0 Å². The summed E-state index contributed by atoms with van der Waals surface area (Å²) >= 11 is 0. The summed E-state index contributed by atoms with van der Waals surface area (Å²) in [5, 5.41) is 12.2. The molecule has 5 rings (SSSR count). The zero-order valence-corrected chi connectivity index (χ0v) is 19.5. The summed E-state index contributed by atoms with van der Waals surface area (Å²) in [4.78, 5) is 16.6. The molecule has 0 aliphatic carbocycles. The fourth-order valence-corrected chi connectivity index (χ4v) is 4.48. The lowest BCUT2D eigenvalue weighted by Crippen LogP contribution is -2.48. The molecular weight excluding hydrogens is 471 g/mol. The number of nitrogens with zero attached hydrogens (tertiary/aromatic N) is 4. The minimum atomic E-state index is -2.89. The molecule has 36 heavy (non-hydrogen) atoms. The van der Waals surface area contributed by atoms with Crippen LogP contribution in [0.2, 0.25) is 0 Å². The number of piperazine rings is 1. The average Bonchev–Trinajstić information content (AvgIpc) is 3.43. The molecule has 7 nitrogen and oxygen atoms in total. The molecule has 4 aromatic rings. The number of hydrogen-bond donors (Lipinski definition) is 1. The molecular formula is C26H24F3N5O2. The summed E-state index contributed by atoms with van der Waals surface area (Å²) in [5.74, 6) is -0.969. The van der Waals surface area contributed by atoms with Crippen LogP contribution in [-0.4, -0.2) is 47.2 Å². The van der Waals surface area contributed by atoms with E-state index in [9.17, 15) is 18.0 Å². The van der Waals surface area contributed by atoms with Gasteiger partial charge in [0.1, 0.15) is 12.1 Å². The quantitative estimate of drug-likeness (QED) is 0.384. The van der Waals surface area contributed by atoms with Crippen LogP contribution in [0.25, 0.3) is 10.9 Å². The Morgan fingerprint density at radius 1 is 1.08 bits per heavy atom. The second kappa shape index (κ2) is 9.88. The standard InChI is InChI=1S/C26H24F3N5O2/c1-16(19-3-2-4-20(24(19)27)25(28)29)31-23-14-30-32-22-6-5-18(13-21(22)23)33-8-10-34(11-9-33)26(35)17-7-12-36-15-17/h2-7,12-16,25H,8-11H2,1H3,(H,31,32)/t16-/m1/s1. The molecule has 0 spiro atoms. The van der Waals surface area contributed by atoms with E-state index in [0.717, 1.165) is 17.1 Å². The van der Waals surface area contributed by atoms with E-state index in [0.29, 0.717) is 42.9 Å². The minimum absolute atomic E-state index is 0.0548. The van der Waals surface area contributed by atoms with Crippen molar-refractivity contribution in [1.82, 2.24) is 15.1 Å². The third-order valence-corrected chi connectivity index (χ3v) is 6.45. The van der Waals surface area contributed by atoms with Gasteiger partial charge in [-0.05, 0) is 31.2 Å². The maximum absolute atomic E-state index is 14.7. The topological polar surface area (TPSA) is 74.5 Å². The van der Waals surface area contributed by atoms with E-state index in [-0.39, 0.29) is 11.5 Å². The van der Waals surface area contributed by atoms with E-state index in [2.05, 4.69) is 20.4 Å². The van der Waals surface area contributed by atoms with E-state index in [1.165, 1.54) is 24.7 Å². The number of halogens is 3. The largest absolute Gasteiger partial charge is 0.472 e. The van der Waals surface area contributed by atoms with E-state index < -0.39 is 23.8 Å². The Hall–Kier alpha value is -4.08. The Labute approximate surface area is 205 Å². The van der Waals surface area contributed by atoms with Crippen LogP contribution in [0.5, 0.6) is 0 Å². The smallest absolute Gasteiger partial charge is 0.266 e. The summed E-state index contributed by atoms with van der Waals surface area (Å²) in [6.45, 7) is 4.15. The van der Waals surface area contributed by atoms with Gasteiger partial charge in [-0.25, -0.2) is 13.2 Å². The third kappa shape index (κ3) is 4.58. The number of rotatable bonds is 6. The van der Waals surface area contributed by atoms with Crippen LogP contribution in [0.1, 0.15) is 40.9 Å². The maximum atomic E-state index is 14.7. The van der Waals surface area contributed by atoms with Crippen molar-refractivity contribution in [3.8, 4) is 0 Å². The zero-order chi connectivity index (χ0) is 25.2. The number of fused-ring (bicyclic) bond motifs is 1. The normalized spacial score (nSPS) is 14.9. The number of aromatic nitrogens is 2. The van der Waals surface area contributed by atoms with Crippen LogP contribution in [0.3, 0.4) is 0 Å². The highest BCUT2D eigenvalue weighted by Gasteiger charge is 2.24. The van der Waals surface area contributed by atoms with Gasteiger partial charge in [-0.3, -0.25) is 4.79 Å². The van der Waals surface area contributed by atoms with Gasteiger partial charge in [-0.1, -0.05) is 18.2 Å². The summed E-state index contributed by atoms with van der Waals surface area (Å²) in [7, 11) is 0. The average molecular weight is 496 g/mol. The fraction of sp³-hybridized carbons (Fsp3) is 0.269. The van der Waals surface area contributed by atoms with Crippen molar-refractivity contribution in [2.75, 3.05) is 36.4 Å². The van der Waals surface area contributed by atoms with Gasteiger partial charge < -0.3 is 19.5 Å². The Morgan fingerprint density at radius 3 is 2.58 bits per heavy atom. The second-order valence-electron chi connectivity index (χ2n) is 8.67. The van der Waals surface area contributed by atoms with Crippen molar-refractivity contribution in [1.29, 1.82) is 0 Å². The molecule has 1 aliphatic heterocycles. The summed E-state index contributed by atoms with van der Waals surface area (Å²) in [6, 6.07) is 10.9.